The second-order valence-electron chi connectivity index (χ2n) is 8.17. The fourth-order valence-electron chi connectivity index (χ4n) is 3.99. The summed E-state index contributed by atoms with van der Waals surface area (Å²) in [5, 5.41) is 11.1. The highest BCUT2D eigenvalue weighted by Crippen LogP contribution is 2.19. The van der Waals surface area contributed by atoms with E-state index in [1.165, 1.54) is 37.2 Å². The number of nitrogens with zero attached hydrogens (tertiary/aromatic N) is 4. The number of benzene rings is 1. The summed E-state index contributed by atoms with van der Waals surface area (Å²) in [4.78, 5) is 40.0. The Balaban J connectivity index is 1.40. The normalized spacial score (nSPS) is 12.4. The van der Waals surface area contributed by atoms with Crippen LogP contribution in [0.1, 0.15) is 23.8 Å². The van der Waals surface area contributed by atoms with E-state index in [1.807, 2.05) is 42.6 Å². The number of nitrogens with one attached hydrogen (secondary N) is 1. The Bertz CT molecular complexity index is 1560. The summed E-state index contributed by atoms with van der Waals surface area (Å²) in [5.74, 6) is -0.0565. The first-order valence-electron chi connectivity index (χ1n) is 11.0. The predicted octanol–water partition coefficient (Wildman–Crippen LogP) is 3.12. The monoisotopic (exact) mass is 493 g/mol. The fourth-order valence-corrected chi connectivity index (χ4v) is 5.51. The second kappa shape index (κ2) is 9.40. The highest BCUT2D eigenvalue weighted by atomic mass is 32.1. The first-order chi connectivity index (χ1) is 16.5. The lowest BCUT2D eigenvalue weighted by Crippen LogP contribution is -2.38. The summed E-state index contributed by atoms with van der Waals surface area (Å²) in [6, 6.07) is 15.6. The lowest BCUT2D eigenvalue weighted by Gasteiger charge is -2.13. The van der Waals surface area contributed by atoms with Gasteiger partial charge in [0.25, 0.3) is 5.56 Å². The summed E-state index contributed by atoms with van der Waals surface area (Å²) < 4.78 is 4.55. The van der Waals surface area contributed by atoms with E-state index in [9.17, 15) is 14.4 Å². The highest BCUT2D eigenvalue weighted by Gasteiger charge is 2.20. The third kappa shape index (κ3) is 4.34. The lowest BCUT2D eigenvalue weighted by molar-refractivity contribution is -0.122. The average molecular weight is 494 g/mol. The van der Waals surface area contributed by atoms with Crippen LogP contribution in [0.15, 0.2) is 68.9 Å². The zero-order valence-electron chi connectivity index (χ0n) is 18.5. The molecule has 0 saturated heterocycles. The van der Waals surface area contributed by atoms with E-state index in [4.69, 9.17) is 0 Å². The van der Waals surface area contributed by atoms with Crippen LogP contribution in [0.3, 0.4) is 0 Å². The molecule has 0 aliphatic carbocycles. The van der Waals surface area contributed by atoms with E-state index in [-0.39, 0.29) is 29.8 Å². The molecule has 0 aliphatic rings. The van der Waals surface area contributed by atoms with E-state index in [2.05, 4.69) is 22.5 Å². The van der Waals surface area contributed by atoms with Gasteiger partial charge in [0.2, 0.25) is 11.7 Å². The third-order valence-corrected chi connectivity index (χ3v) is 7.44. The molecular weight excluding hydrogens is 470 g/mol. The summed E-state index contributed by atoms with van der Waals surface area (Å²) >= 11 is 2.82. The molecule has 0 saturated carbocycles. The van der Waals surface area contributed by atoms with Crippen LogP contribution in [0.5, 0.6) is 0 Å². The second-order valence-corrected chi connectivity index (χ2v) is 10.1. The Morgan fingerprint density at radius 3 is 2.65 bits per heavy atom. The molecule has 174 valence electrons. The molecule has 34 heavy (non-hydrogen) atoms. The molecule has 8 nitrogen and oxygen atoms in total. The van der Waals surface area contributed by atoms with Crippen molar-refractivity contribution in [2.75, 3.05) is 0 Å². The van der Waals surface area contributed by atoms with Crippen molar-refractivity contribution in [3.63, 3.8) is 0 Å². The van der Waals surface area contributed by atoms with Gasteiger partial charge in [-0.25, -0.2) is 13.9 Å². The zero-order chi connectivity index (χ0) is 23.7. The van der Waals surface area contributed by atoms with Gasteiger partial charge in [0, 0.05) is 10.9 Å². The van der Waals surface area contributed by atoms with Crippen molar-refractivity contribution in [2.24, 2.45) is 0 Å². The van der Waals surface area contributed by atoms with Gasteiger partial charge in [0.15, 0.2) is 0 Å². The molecule has 5 aromatic rings. The van der Waals surface area contributed by atoms with Gasteiger partial charge in [0.05, 0.1) is 12.1 Å². The Kier molecular flexibility index (Phi) is 6.16. The molecule has 10 heteroatoms. The molecule has 0 aliphatic heterocycles. The van der Waals surface area contributed by atoms with Crippen molar-refractivity contribution in [3.8, 4) is 0 Å². The average Bonchev–Trinajstić information content (AvgIpc) is 3.57. The minimum atomic E-state index is -0.439. The maximum absolute atomic E-state index is 13.2. The maximum Gasteiger partial charge on any atom is 0.352 e. The van der Waals surface area contributed by atoms with Crippen LogP contribution in [0, 0.1) is 0 Å². The number of aromatic nitrogens is 4. The Morgan fingerprint density at radius 2 is 1.88 bits per heavy atom. The number of fused-ring (bicyclic) bond motifs is 3. The molecule has 0 fully saturated rings. The van der Waals surface area contributed by atoms with Gasteiger partial charge >= 0.3 is 5.69 Å². The van der Waals surface area contributed by atoms with Crippen LogP contribution in [0.4, 0.5) is 0 Å². The van der Waals surface area contributed by atoms with E-state index < -0.39 is 5.69 Å². The summed E-state index contributed by atoms with van der Waals surface area (Å²) in [6.07, 6.45) is 1.63. The van der Waals surface area contributed by atoms with Crippen molar-refractivity contribution in [2.45, 2.75) is 38.9 Å². The van der Waals surface area contributed by atoms with Crippen molar-refractivity contribution < 1.29 is 4.79 Å². The largest absolute Gasteiger partial charge is 0.352 e. The van der Waals surface area contributed by atoms with Crippen molar-refractivity contribution in [3.05, 3.63) is 90.6 Å². The van der Waals surface area contributed by atoms with E-state index in [0.717, 1.165) is 22.4 Å². The topological polar surface area (TPSA) is 90.4 Å². The number of carbonyl (C=O) groups excluding carboxylic acids is 1. The van der Waals surface area contributed by atoms with Crippen molar-refractivity contribution in [1.29, 1.82) is 0 Å². The van der Waals surface area contributed by atoms with Crippen LogP contribution >= 0.6 is 22.7 Å². The van der Waals surface area contributed by atoms with Crippen LogP contribution in [0.2, 0.25) is 0 Å². The molecule has 5 rings (SSSR count). The molecule has 0 radical (unpaired) electrons. The summed E-state index contributed by atoms with van der Waals surface area (Å²) in [5.41, 5.74) is 1.09. The van der Waals surface area contributed by atoms with Crippen molar-refractivity contribution >= 4 is 44.6 Å². The van der Waals surface area contributed by atoms with Crippen LogP contribution in [0.25, 0.3) is 16.0 Å². The molecular formula is C24H23N5O3S2. The molecule has 0 spiro atoms. The highest BCUT2D eigenvalue weighted by molar-refractivity contribution is 7.17. The Labute approximate surface area is 202 Å². The lowest BCUT2D eigenvalue weighted by atomic mass is 10.1. The zero-order valence-corrected chi connectivity index (χ0v) is 20.1. The number of hydrogen-bond donors (Lipinski definition) is 1. The smallest absolute Gasteiger partial charge is 0.352 e. The first kappa shape index (κ1) is 22.3. The number of aryl methyl sites for hydroxylation is 1. The van der Waals surface area contributed by atoms with Gasteiger partial charge in [-0.15, -0.1) is 27.8 Å². The predicted molar refractivity (Wildman–Crippen MR) is 135 cm³/mol. The fraction of sp³-hybridized carbons (Fsp3) is 0.250. The first-order valence-corrected chi connectivity index (χ1v) is 12.7. The number of hydrogen-bond acceptors (Lipinski definition) is 6. The van der Waals surface area contributed by atoms with Crippen LogP contribution in [-0.4, -0.2) is 30.7 Å². The molecule has 1 amide bonds. The molecule has 1 N–H and O–H groups in total. The van der Waals surface area contributed by atoms with Gasteiger partial charge < -0.3 is 5.32 Å². The van der Waals surface area contributed by atoms with E-state index in [1.54, 1.807) is 11.4 Å². The molecule has 0 unspecified atom stereocenters. The maximum atomic E-state index is 13.2. The standard InChI is InChI=1S/C24H23N5O3S2/c1-16(9-10-17-6-3-2-4-7-17)25-20(30)15-28-24(32)29-19-11-13-34-21(19)22(31)27(23(29)26-28)14-18-8-5-12-33-18/h2-8,11-13,16H,9-10,14-15H2,1H3,(H,25,30)/t16-/m0/s1. The number of thiophene rings is 2. The number of rotatable bonds is 8. The van der Waals surface area contributed by atoms with Gasteiger partial charge in [-0.1, -0.05) is 36.4 Å². The van der Waals surface area contributed by atoms with Gasteiger partial charge in [0.1, 0.15) is 11.2 Å². The third-order valence-electron chi connectivity index (χ3n) is 5.69. The molecule has 0 bridgehead atoms. The van der Waals surface area contributed by atoms with Gasteiger partial charge in [-0.05, 0) is 48.2 Å². The molecule has 4 heterocycles. The van der Waals surface area contributed by atoms with E-state index in [0.29, 0.717) is 16.8 Å². The molecule has 4 aromatic heterocycles. The van der Waals surface area contributed by atoms with Crippen LogP contribution in [-0.2, 0) is 24.3 Å². The Hall–Kier alpha value is -3.50. The number of amides is 1. The van der Waals surface area contributed by atoms with E-state index >= 15 is 0 Å². The minimum absolute atomic E-state index is 0.0546. The van der Waals surface area contributed by atoms with Gasteiger partial charge in [-0.3, -0.25) is 14.2 Å². The quantitative estimate of drug-likeness (QED) is 0.360. The summed E-state index contributed by atoms with van der Waals surface area (Å²) in [6.45, 7) is 2.04. The summed E-state index contributed by atoms with van der Waals surface area (Å²) in [7, 11) is 0. The van der Waals surface area contributed by atoms with Crippen molar-refractivity contribution in [1.82, 2.24) is 24.1 Å². The molecule has 1 aromatic carbocycles. The Morgan fingerprint density at radius 1 is 1.06 bits per heavy atom. The number of carbonyl (C=O) groups is 1. The molecule has 1 atom stereocenters. The SMILES string of the molecule is C[C@@H](CCc1ccccc1)NC(=O)Cn1nc2n(Cc3cccs3)c(=O)c3sccc3n2c1=O. The van der Waals surface area contributed by atoms with Crippen LogP contribution < -0.4 is 16.6 Å². The minimum Gasteiger partial charge on any atom is -0.352 e. The van der Waals surface area contributed by atoms with Gasteiger partial charge in [-0.2, -0.15) is 0 Å².